The maximum atomic E-state index is 6.47. The molecule has 8 nitrogen and oxygen atoms in total. The van der Waals surface area contributed by atoms with Crippen LogP contribution in [0, 0.1) is 0 Å². The molecule has 0 aliphatic carbocycles. The molecular formula is C132H86N6O2. The first-order valence-electron chi connectivity index (χ1n) is 47.8. The van der Waals surface area contributed by atoms with E-state index in [0.29, 0.717) is 0 Å². The van der Waals surface area contributed by atoms with Gasteiger partial charge in [0.15, 0.2) is 0 Å². The highest BCUT2D eigenvalue weighted by Crippen LogP contribution is 2.48. The molecule has 8 heteroatoms. The predicted octanol–water partition coefficient (Wildman–Crippen LogP) is 36.5. The van der Waals surface area contributed by atoms with E-state index in [9.17, 15) is 0 Å². The Bertz CT molecular complexity index is 9420. The Morgan fingerprint density at radius 3 is 0.671 bits per heavy atom. The Morgan fingerprint density at radius 1 is 0.136 bits per heavy atom. The van der Waals surface area contributed by atoms with Crippen molar-refractivity contribution in [2.75, 3.05) is 9.80 Å². The monoisotopic (exact) mass is 1790 g/mol. The van der Waals surface area contributed by atoms with Gasteiger partial charge in [0.25, 0.3) is 0 Å². The predicted molar refractivity (Wildman–Crippen MR) is 587 cm³/mol. The molecule has 0 atom stereocenters. The van der Waals surface area contributed by atoms with E-state index < -0.39 is 0 Å². The number of benzene rings is 22. The van der Waals surface area contributed by atoms with Crippen LogP contribution in [0.1, 0.15) is 0 Å². The van der Waals surface area contributed by atoms with Crippen LogP contribution in [0.2, 0.25) is 0 Å². The zero-order valence-corrected chi connectivity index (χ0v) is 76.2. The van der Waals surface area contributed by atoms with Gasteiger partial charge in [0.1, 0.15) is 22.3 Å². The molecule has 22 aromatic carbocycles. The van der Waals surface area contributed by atoms with Crippen molar-refractivity contribution in [2.24, 2.45) is 0 Å². The summed E-state index contributed by atoms with van der Waals surface area (Å²) in [5.41, 5.74) is 37.9. The van der Waals surface area contributed by atoms with E-state index in [2.05, 4.69) is 526 Å². The molecule has 28 rings (SSSR count). The SMILES string of the molecule is c1ccc(-n2c3ccccc3c3cc(-c4ccc(N(c5ccc(-c6ccc7c(c6)c6ccccc6n7-c6ccccc6)cc5)c5ccc(-c6cccc7c6oc6ccccc67)cc5)cc4)ccc32)cc1.c1ccc(-n2c3ccccc3c3cc(-c4ccc(N(c5ccc(-c6ccc7c8ccccc8n(-c8ccccc8)c7c6)cc5)c5ccc(-c6cccc7c6oc6ccccc67)cc5)cc4)ccc32)cc1. The van der Waals surface area contributed by atoms with Gasteiger partial charge in [-0.05, 0) is 256 Å². The Labute approximate surface area is 807 Å². The van der Waals surface area contributed by atoms with Crippen molar-refractivity contribution in [3.8, 4) is 89.5 Å². The van der Waals surface area contributed by atoms with Gasteiger partial charge in [-0.1, -0.05) is 322 Å². The van der Waals surface area contributed by atoms with Crippen molar-refractivity contribution in [3.05, 3.63) is 522 Å². The fourth-order valence-corrected chi connectivity index (χ4v) is 21.7. The van der Waals surface area contributed by atoms with Crippen molar-refractivity contribution in [1.29, 1.82) is 0 Å². The molecule has 0 bridgehead atoms. The quantitative estimate of drug-likeness (QED) is 0.0967. The summed E-state index contributed by atoms with van der Waals surface area (Å²) < 4.78 is 22.4. The van der Waals surface area contributed by atoms with Gasteiger partial charge in [-0.2, -0.15) is 0 Å². The van der Waals surface area contributed by atoms with Crippen LogP contribution in [0.15, 0.2) is 531 Å². The molecule has 0 aliphatic heterocycles. The Hall–Kier alpha value is -18.8. The van der Waals surface area contributed by atoms with Crippen molar-refractivity contribution in [1.82, 2.24) is 18.3 Å². The lowest BCUT2D eigenvalue weighted by molar-refractivity contribution is 0.669. The van der Waals surface area contributed by atoms with Crippen LogP contribution >= 0.6 is 0 Å². The first kappa shape index (κ1) is 80.9. The van der Waals surface area contributed by atoms with Crippen LogP contribution in [0.3, 0.4) is 0 Å². The fraction of sp³-hybridized carbons (Fsp3) is 0. The average Bonchev–Trinajstić information content (AvgIpc) is 1.60. The lowest BCUT2D eigenvalue weighted by Gasteiger charge is -2.26. The van der Waals surface area contributed by atoms with E-state index in [4.69, 9.17) is 8.83 Å². The van der Waals surface area contributed by atoms with E-state index in [1.807, 2.05) is 24.3 Å². The standard InChI is InChI=1S/2C66H43N3O/c1-3-14-49(15-4-1)68-62-24-11-8-19-56(62)60-42-47(33-41-63(60)68)44-26-34-51(35-27-44)67(53-38-30-46(31-39-53)54-21-13-22-59-58-20-9-12-25-65(58)70-66(54)59)52-36-28-45(29-37-52)48-32-40-57-55-18-7-10-23-61(55)69(64(57)43-48)50-16-5-2-6-17-50;1-3-14-49(15-4-1)68-61-23-10-7-18-55(61)59-42-47(32-40-63(59)68)44-26-34-51(35-27-44)67(53-38-30-46(31-39-53)54-21-13-22-58-57-20-9-12-25-65(57)70-66(54)58)52-36-28-45(29-37-52)48-33-41-64-60(43-48)56-19-8-11-24-62(56)69(64)50-16-5-2-6-17-50/h2*1-43H. The number of anilines is 6. The molecule has 0 saturated heterocycles. The third-order valence-electron chi connectivity index (χ3n) is 28.3. The number of para-hydroxylation sites is 12. The van der Waals surface area contributed by atoms with E-state index in [-0.39, 0.29) is 0 Å². The van der Waals surface area contributed by atoms with E-state index in [1.165, 1.54) is 109 Å². The van der Waals surface area contributed by atoms with Crippen LogP contribution in [-0.4, -0.2) is 18.3 Å². The number of hydrogen-bond donors (Lipinski definition) is 0. The number of fused-ring (bicyclic) bond motifs is 18. The van der Waals surface area contributed by atoms with Gasteiger partial charge in [-0.15, -0.1) is 0 Å². The highest BCUT2D eigenvalue weighted by atomic mass is 16.3. The summed E-state index contributed by atoms with van der Waals surface area (Å²) in [4.78, 5) is 4.71. The number of furan rings is 2. The fourth-order valence-electron chi connectivity index (χ4n) is 21.7. The van der Waals surface area contributed by atoms with E-state index in [0.717, 1.165) is 145 Å². The molecule has 0 saturated carbocycles. The van der Waals surface area contributed by atoms with Crippen molar-refractivity contribution < 1.29 is 8.83 Å². The topological polar surface area (TPSA) is 52.5 Å². The molecule has 656 valence electrons. The molecule has 0 aliphatic rings. The first-order valence-corrected chi connectivity index (χ1v) is 47.8. The molecule has 28 aromatic rings. The summed E-state index contributed by atoms with van der Waals surface area (Å²) >= 11 is 0. The van der Waals surface area contributed by atoms with Gasteiger partial charge >= 0.3 is 0 Å². The van der Waals surface area contributed by atoms with Crippen LogP contribution in [0.5, 0.6) is 0 Å². The van der Waals surface area contributed by atoms with Crippen molar-refractivity contribution >= 4 is 165 Å². The molecule has 0 radical (unpaired) electrons. The molecule has 0 N–H and O–H groups in total. The molecule has 0 amide bonds. The van der Waals surface area contributed by atoms with Gasteiger partial charge in [0.2, 0.25) is 0 Å². The van der Waals surface area contributed by atoms with Gasteiger partial charge in [-0.25, -0.2) is 0 Å². The number of aromatic nitrogens is 4. The van der Waals surface area contributed by atoms with Crippen molar-refractivity contribution in [3.63, 3.8) is 0 Å². The second-order valence-corrected chi connectivity index (χ2v) is 36.2. The molecule has 140 heavy (non-hydrogen) atoms. The van der Waals surface area contributed by atoms with Crippen molar-refractivity contribution in [2.45, 2.75) is 0 Å². The van der Waals surface area contributed by atoms with Gasteiger partial charge < -0.3 is 36.9 Å². The Kier molecular flexibility index (Phi) is 19.5. The zero-order chi connectivity index (χ0) is 92.2. The molecule has 0 unspecified atom stereocenters. The number of rotatable bonds is 16. The number of nitrogens with zero attached hydrogens (tertiary/aromatic N) is 6. The lowest BCUT2D eigenvalue weighted by Crippen LogP contribution is -2.09. The molecule has 6 aromatic heterocycles. The summed E-state index contributed by atoms with van der Waals surface area (Å²) in [5, 5.41) is 14.5. The summed E-state index contributed by atoms with van der Waals surface area (Å²) in [5.74, 6) is 0. The maximum absolute atomic E-state index is 6.47. The average molecular weight is 1790 g/mol. The van der Waals surface area contributed by atoms with Gasteiger partial charge in [0.05, 0.1) is 44.1 Å². The minimum atomic E-state index is 0.900. The summed E-state index contributed by atoms with van der Waals surface area (Å²) in [6.07, 6.45) is 0. The zero-order valence-electron chi connectivity index (χ0n) is 76.2. The van der Waals surface area contributed by atoms with Crippen LogP contribution in [-0.2, 0) is 0 Å². The third-order valence-corrected chi connectivity index (χ3v) is 28.3. The van der Waals surface area contributed by atoms with Gasteiger partial charge in [0, 0.05) is 133 Å². The largest absolute Gasteiger partial charge is 0.455 e. The smallest absolute Gasteiger partial charge is 0.143 e. The van der Waals surface area contributed by atoms with E-state index >= 15 is 0 Å². The Morgan fingerprint density at radius 2 is 0.357 bits per heavy atom. The minimum absolute atomic E-state index is 0.900. The summed E-state index contributed by atoms with van der Waals surface area (Å²) in [6.45, 7) is 0. The molecular weight excluding hydrogens is 1700 g/mol. The van der Waals surface area contributed by atoms with Crippen LogP contribution in [0.4, 0.5) is 34.1 Å². The normalized spacial score (nSPS) is 11.7. The minimum Gasteiger partial charge on any atom is -0.455 e. The van der Waals surface area contributed by atoms with E-state index in [1.54, 1.807) is 0 Å². The Balaban J connectivity index is 0.000000141. The third kappa shape index (κ3) is 13.8. The second kappa shape index (κ2) is 33.7. The van der Waals surface area contributed by atoms with Crippen LogP contribution in [0.25, 0.3) is 221 Å². The summed E-state index contributed by atoms with van der Waals surface area (Å²) in [7, 11) is 0. The first-order chi connectivity index (χ1) is 69.4. The van der Waals surface area contributed by atoms with Gasteiger partial charge in [-0.3, -0.25) is 0 Å². The number of hydrogen-bond acceptors (Lipinski definition) is 4. The molecule has 6 heterocycles. The second-order valence-electron chi connectivity index (χ2n) is 36.2. The lowest BCUT2D eigenvalue weighted by atomic mass is 10.0. The highest BCUT2D eigenvalue weighted by molar-refractivity contribution is 6.16. The highest BCUT2D eigenvalue weighted by Gasteiger charge is 2.24. The summed E-state index contributed by atoms with van der Waals surface area (Å²) in [6, 6.07) is 188. The molecule has 0 fully saturated rings. The van der Waals surface area contributed by atoms with Crippen LogP contribution < -0.4 is 9.80 Å². The molecule has 0 spiro atoms. The maximum Gasteiger partial charge on any atom is 0.143 e.